The average molecular weight is 1000 g/mol. The molecular formula is C40H40N8O15S4. The van der Waals surface area contributed by atoms with Crippen LogP contribution in [-0.2, 0) is 47.0 Å². The summed E-state index contributed by atoms with van der Waals surface area (Å²) in [5, 5.41) is 29.8. The minimum atomic E-state index is -4.97. The summed E-state index contributed by atoms with van der Waals surface area (Å²) in [5.74, 6) is -1.23. The summed E-state index contributed by atoms with van der Waals surface area (Å²) in [4.78, 5) is 15.5. The number of rotatable bonds is 19. The Hall–Kier alpha value is -6.64. The number of pyridine rings is 1. The fourth-order valence-electron chi connectivity index (χ4n) is 6.64. The molecule has 0 amide bonds. The molecule has 0 bridgehead atoms. The highest BCUT2D eigenvalue weighted by Crippen LogP contribution is 2.40. The number of hydrogen-bond acceptors (Lipinski definition) is 17. The van der Waals surface area contributed by atoms with E-state index in [1.165, 1.54) is 29.5 Å². The molecule has 0 radical (unpaired) electrons. The number of para-hydroxylation sites is 2. The van der Waals surface area contributed by atoms with E-state index in [0.717, 1.165) is 6.07 Å². The Morgan fingerprint density at radius 3 is 1.87 bits per heavy atom. The molecule has 354 valence electrons. The number of fused-ring (bicyclic) bond motifs is 3. The molecule has 0 aliphatic carbocycles. The van der Waals surface area contributed by atoms with Gasteiger partial charge in [0, 0.05) is 24.2 Å². The Morgan fingerprint density at radius 2 is 1.27 bits per heavy atom. The van der Waals surface area contributed by atoms with Gasteiger partial charge in [-0.15, -0.1) is 10.2 Å². The van der Waals surface area contributed by atoms with Crippen LogP contribution in [0.15, 0.2) is 102 Å². The number of anilines is 1. The molecule has 2 heterocycles. The minimum absolute atomic E-state index is 0.0185. The van der Waals surface area contributed by atoms with Gasteiger partial charge in [0.15, 0.2) is 0 Å². The quantitative estimate of drug-likeness (QED) is 0.0275. The second-order valence-corrected chi connectivity index (χ2v) is 20.7. The summed E-state index contributed by atoms with van der Waals surface area (Å²) >= 11 is 0. The first kappa shape index (κ1) is 49.8. The first-order valence-corrected chi connectivity index (χ1v) is 25.6. The fourth-order valence-corrected chi connectivity index (χ4v) is 8.71. The number of imidazole rings is 1. The van der Waals surface area contributed by atoms with Crippen molar-refractivity contribution >= 4 is 85.6 Å². The van der Waals surface area contributed by atoms with Gasteiger partial charge in [-0.3, -0.25) is 27.4 Å². The Morgan fingerprint density at radius 1 is 0.701 bits per heavy atom. The Labute approximate surface area is 382 Å². The van der Waals surface area contributed by atoms with Crippen molar-refractivity contribution in [3.63, 3.8) is 0 Å². The van der Waals surface area contributed by atoms with Gasteiger partial charge >= 0.3 is 0 Å². The van der Waals surface area contributed by atoms with Crippen molar-refractivity contribution in [1.82, 2.24) is 9.38 Å². The third-order valence-corrected chi connectivity index (χ3v) is 13.3. The lowest BCUT2D eigenvalue weighted by Gasteiger charge is -2.17. The van der Waals surface area contributed by atoms with Crippen molar-refractivity contribution in [1.29, 1.82) is 5.26 Å². The van der Waals surface area contributed by atoms with E-state index in [4.69, 9.17) is 9.47 Å². The Bertz CT molecular complexity index is 3570. The number of azo groups is 2. The van der Waals surface area contributed by atoms with Gasteiger partial charge < -0.3 is 19.8 Å². The molecule has 0 saturated carbocycles. The molecule has 6 rings (SSSR count). The molecule has 23 nitrogen and oxygen atoms in total. The number of nitrogens with one attached hydrogen (secondary N) is 2. The van der Waals surface area contributed by atoms with Gasteiger partial charge in [0.2, 0.25) is 0 Å². The van der Waals surface area contributed by atoms with Gasteiger partial charge in [-0.2, -0.15) is 49.2 Å². The first-order valence-electron chi connectivity index (χ1n) is 19.5. The van der Waals surface area contributed by atoms with Crippen LogP contribution in [0.3, 0.4) is 0 Å². The number of aromatic amines is 1. The standard InChI is InChI=1S/C40H40N8O15S4/c1-23-16-32(42-22-28-25(3)27(21-41)39-43-29-8-4-5-9-35(29)48(39)40(28)49)36(62-12-6-14-64(50,51)52)19-30(23)44-46-33-17-24(2)31(20-37(33)63-13-7-15-65(53,54)55)45-47-34-18-26(66(56,57)58)10-11-38(34)67(59,60)61/h4-5,8-11,16-20,42-43H,6-7,12-15,22H2,1-3H3,(H,50,51,52)(H,53,54,55)(H,56,57,58)(H,59,60,61). The molecule has 0 unspecified atom stereocenters. The van der Waals surface area contributed by atoms with Gasteiger partial charge in [0.05, 0.1) is 63.3 Å². The van der Waals surface area contributed by atoms with Crippen LogP contribution in [-0.4, -0.2) is 86.0 Å². The third kappa shape index (κ3) is 12.2. The van der Waals surface area contributed by atoms with Crippen LogP contribution in [0.2, 0.25) is 0 Å². The number of benzene rings is 4. The highest BCUT2D eigenvalue weighted by Gasteiger charge is 2.22. The zero-order chi connectivity index (χ0) is 49.1. The van der Waals surface area contributed by atoms with E-state index < -0.39 is 67.5 Å². The predicted molar refractivity (Wildman–Crippen MR) is 242 cm³/mol. The predicted octanol–water partition coefficient (Wildman–Crippen LogP) is 6.83. The molecule has 6 N–H and O–H groups in total. The lowest BCUT2D eigenvalue weighted by Crippen LogP contribution is -2.23. The number of hydrogen-bond donors (Lipinski definition) is 6. The van der Waals surface area contributed by atoms with E-state index >= 15 is 0 Å². The monoisotopic (exact) mass is 1000 g/mol. The lowest BCUT2D eigenvalue weighted by molar-refractivity contribution is 0.317. The van der Waals surface area contributed by atoms with Crippen LogP contribution in [0.5, 0.6) is 11.5 Å². The summed E-state index contributed by atoms with van der Waals surface area (Å²) in [6.07, 6.45) is -0.303. The second kappa shape index (κ2) is 19.7. The van der Waals surface area contributed by atoms with Gasteiger partial charge in [0.1, 0.15) is 39.5 Å². The van der Waals surface area contributed by atoms with E-state index in [-0.39, 0.29) is 77.8 Å². The van der Waals surface area contributed by atoms with Crippen molar-refractivity contribution in [3.05, 3.63) is 105 Å². The van der Waals surface area contributed by atoms with Gasteiger partial charge in [0.25, 0.3) is 46.0 Å². The molecule has 0 spiro atoms. The number of H-pyrrole nitrogens is 1. The molecule has 0 aliphatic heterocycles. The lowest BCUT2D eigenvalue weighted by atomic mass is 10.1. The van der Waals surface area contributed by atoms with Crippen molar-refractivity contribution in [2.75, 3.05) is 30.0 Å². The van der Waals surface area contributed by atoms with Crippen molar-refractivity contribution < 1.29 is 61.4 Å². The Kier molecular flexibility index (Phi) is 14.6. The fraction of sp³-hybridized carbons (Fsp3) is 0.250. The topological polar surface area (TPSA) is 358 Å². The van der Waals surface area contributed by atoms with Crippen LogP contribution in [0.1, 0.15) is 40.7 Å². The largest absolute Gasteiger partial charge is 0.491 e. The number of aromatic nitrogens is 2. The molecule has 0 aliphatic rings. The van der Waals surface area contributed by atoms with Crippen molar-refractivity contribution in [3.8, 4) is 17.6 Å². The molecule has 0 atom stereocenters. The second-order valence-electron chi connectivity index (χ2n) is 14.8. The zero-order valence-electron chi connectivity index (χ0n) is 35.4. The average Bonchev–Trinajstić information content (AvgIpc) is 3.62. The van der Waals surface area contributed by atoms with Crippen LogP contribution in [0.4, 0.5) is 28.4 Å². The Balaban J connectivity index is 1.38. The van der Waals surface area contributed by atoms with Crippen molar-refractivity contribution in [2.24, 2.45) is 20.5 Å². The third-order valence-electron chi connectivity index (χ3n) is 9.94. The normalized spacial score (nSPS) is 12.6. The molecule has 2 aromatic heterocycles. The number of nitrogens with zero attached hydrogens (tertiary/aromatic N) is 6. The summed E-state index contributed by atoms with van der Waals surface area (Å²) < 4.78 is 144. The van der Waals surface area contributed by atoms with E-state index in [1.54, 1.807) is 44.2 Å². The highest BCUT2D eigenvalue weighted by molar-refractivity contribution is 7.86. The van der Waals surface area contributed by atoms with Crippen LogP contribution < -0.4 is 20.3 Å². The van der Waals surface area contributed by atoms with Crippen LogP contribution in [0, 0.1) is 32.1 Å². The smallest absolute Gasteiger partial charge is 0.296 e. The molecule has 0 fully saturated rings. The molecule has 0 saturated heterocycles. The summed E-state index contributed by atoms with van der Waals surface area (Å²) in [5.41, 5.74) is 2.79. The highest BCUT2D eigenvalue weighted by atomic mass is 32.2. The number of nitriles is 1. The van der Waals surface area contributed by atoms with Crippen molar-refractivity contribution in [2.45, 2.75) is 49.9 Å². The summed E-state index contributed by atoms with van der Waals surface area (Å²) in [7, 11) is -18.5. The van der Waals surface area contributed by atoms with Gasteiger partial charge in [-0.25, -0.2) is 0 Å². The van der Waals surface area contributed by atoms with E-state index in [0.29, 0.717) is 51.2 Å². The van der Waals surface area contributed by atoms with Crippen LogP contribution in [0.25, 0.3) is 16.7 Å². The first-order chi connectivity index (χ1) is 31.3. The molecular weight excluding hydrogens is 961 g/mol. The molecule has 27 heteroatoms. The minimum Gasteiger partial charge on any atom is -0.491 e. The molecule has 6 aromatic rings. The maximum Gasteiger partial charge on any atom is 0.296 e. The maximum absolute atomic E-state index is 14.0. The molecule has 67 heavy (non-hydrogen) atoms. The van der Waals surface area contributed by atoms with Crippen LogP contribution >= 0.6 is 0 Å². The number of ether oxygens (including phenoxy) is 2. The van der Waals surface area contributed by atoms with Gasteiger partial charge in [-0.05, 0) is 92.8 Å². The maximum atomic E-state index is 14.0. The molecule has 4 aromatic carbocycles. The van der Waals surface area contributed by atoms with E-state index in [1.807, 2.05) is 0 Å². The zero-order valence-corrected chi connectivity index (χ0v) is 38.7. The summed E-state index contributed by atoms with van der Waals surface area (Å²) in [6.45, 7) is 4.28. The van der Waals surface area contributed by atoms with E-state index in [9.17, 15) is 61.9 Å². The SMILES string of the molecule is Cc1cc(NCc2c(C)c(C#N)c3[nH]c4ccccc4n3c2=O)c(OCCCS(=O)(=O)O)cc1N=Nc1cc(C)c(N=Nc2cc(S(=O)(=O)O)ccc2S(=O)(=O)O)cc1OCCCS(=O)(=O)O. The number of aryl methyl sites for hydroxylation is 2. The summed E-state index contributed by atoms with van der Waals surface area (Å²) in [6, 6.07) is 17.1. The van der Waals surface area contributed by atoms with E-state index in [2.05, 4.69) is 36.8 Å². The van der Waals surface area contributed by atoms with Gasteiger partial charge in [-0.1, -0.05) is 12.1 Å².